The van der Waals surface area contributed by atoms with Crippen molar-refractivity contribution in [3.05, 3.63) is 29.3 Å². The molecule has 0 aliphatic heterocycles. The van der Waals surface area contributed by atoms with Gasteiger partial charge in [0, 0.05) is 17.8 Å². The smallest absolute Gasteiger partial charge is 0.0345 e. The Kier molecular flexibility index (Phi) is 2.96. The molecule has 2 atom stereocenters. The maximum atomic E-state index is 5.89. The first kappa shape index (κ1) is 10.5. The molecule has 0 spiro atoms. The quantitative estimate of drug-likeness (QED) is 0.777. The molecular weight excluding hydrogens is 184 g/mol. The van der Waals surface area contributed by atoms with E-state index in [0.29, 0.717) is 12.1 Å². The van der Waals surface area contributed by atoms with Crippen LogP contribution in [0.3, 0.4) is 0 Å². The molecule has 1 fully saturated rings. The second kappa shape index (κ2) is 4.23. The van der Waals surface area contributed by atoms with Gasteiger partial charge in [-0.15, -0.1) is 0 Å². The fourth-order valence-electron chi connectivity index (χ4n) is 2.21. The van der Waals surface area contributed by atoms with Crippen LogP contribution in [-0.4, -0.2) is 12.1 Å². The van der Waals surface area contributed by atoms with Crippen molar-refractivity contribution in [2.75, 3.05) is 5.32 Å². The van der Waals surface area contributed by atoms with E-state index in [1.807, 2.05) is 0 Å². The van der Waals surface area contributed by atoms with Crippen molar-refractivity contribution >= 4 is 5.69 Å². The third kappa shape index (κ3) is 2.51. The van der Waals surface area contributed by atoms with E-state index in [1.165, 1.54) is 23.2 Å². The number of anilines is 1. The van der Waals surface area contributed by atoms with Gasteiger partial charge in [0.25, 0.3) is 0 Å². The van der Waals surface area contributed by atoms with Gasteiger partial charge in [0.15, 0.2) is 0 Å². The Bertz CT molecular complexity index is 346. The molecule has 1 aliphatic carbocycles. The summed E-state index contributed by atoms with van der Waals surface area (Å²) in [4.78, 5) is 0. The molecule has 0 amide bonds. The van der Waals surface area contributed by atoms with Gasteiger partial charge >= 0.3 is 0 Å². The zero-order valence-corrected chi connectivity index (χ0v) is 9.59. The molecule has 82 valence electrons. The van der Waals surface area contributed by atoms with Crippen molar-refractivity contribution in [2.45, 2.75) is 45.2 Å². The van der Waals surface area contributed by atoms with Crippen molar-refractivity contribution in [3.8, 4) is 0 Å². The van der Waals surface area contributed by atoms with Gasteiger partial charge in [-0.05, 0) is 56.4 Å². The number of nitrogens with two attached hydrogens (primary N) is 1. The average molecular weight is 204 g/mol. The Morgan fingerprint density at radius 1 is 1.20 bits per heavy atom. The van der Waals surface area contributed by atoms with Crippen LogP contribution in [-0.2, 0) is 0 Å². The number of nitrogens with one attached hydrogen (secondary N) is 1. The van der Waals surface area contributed by atoms with Crippen molar-refractivity contribution in [1.29, 1.82) is 0 Å². The zero-order chi connectivity index (χ0) is 10.8. The van der Waals surface area contributed by atoms with Crippen LogP contribution >= 0.6 is 0 Å². The summed E-state index contributed by atoms with van der Waals surface area (Å²) in [6.07, 6.45) is 3.46. The molecule has 3 N–H and O–H groups in total. The molecule has 0 bridgehead atoms. The fourth-order valence-corrected chi connectivity index (χ4v) is 2.21. The first-order valence-electron chi connectivity index (χ1n) is 5.74. The fraction of sp³-hybridized carbons (Fsp3) is 0.538. The number of aryl methyl sites for hydroxylation is 2. The molecule has 0 radical (unpaired) electrons. The minimum absolute atomic E-state index is 0.397. The Balaban J connectivity index is 2.02. The van der Waals surface area contributed by atoms with E-state index in [9.17, 15) is 0 Å². The van der Waals surface area contributed by atoms with Crippen LogP contribution < -0.4 is 11.1 Å². The normalized spacial score (nSPS) is 25.5. The highest BCUT2D eigenvalue weighted by Crippen LogP contribution is 2.22. The summed E-state index contributed by atoms with van der Waals surface area (Å²) in [6.45, 7) is 4.30. The minimum Gasteiger partial charge on any atom is -0.382 e. The Morgan fingerprint density at radius 3 is 2.60 bits per heavy atom. The molecule has 1 aliphatic rings. The summed E-state index contributed by atoms with van der Waals surface area (Å²) in [6, 6.07) is 7.52. The van der Waals surface area contributed by atoms with E-state index in [4.69, 9.17) is 5.73 Å². The van der Waals surface area contributed by atoms with Crippen LogP contribution in [0.25, 0.3) is 0 Å². The van der Waals surface area contributed by atoms with Crippen LogP contribution in [0.5, 0.6) is 0 Å². The van der Waals surface area contributed by atoms with Gasteiger partial charge in [-0.25, -0.2) is 0 Å². The first-order chi connectivity index (χ1) is 7.15. The summed E-state index contributed by atoms with van der Waals surface area (Å²) >= 11 is 0. The third-order valence-corrected chi connectivity index (χ3v) is 3.35. The lowest BCUT2D eigenvalue weighted by Crippen LogP contribution is -2.20. The Morgan fingerprint density at radius 2 is 2.00 bits per heavy atom. The van der Waals surface area contributed by atoms with Crippen LogP contribution in [0, 0.1) is 13.8 Å². The molecule has 0 heterocycles. The Labute approximate surface area is 91.9 Å². The average Bonchev–Trinajstić information content (AvgIpc) is 2.58. The zero-order valence-electron chi connectivity index (χ0n) is 9.59. The van der Waals surface area contributed by atoms with E-state index in [-0.39, 0.29) is 0 Å². The molecule has 1 aromatic carbocycles. The van der Waals surface area contributed by atoms with Crippen LogP contribution in [0.1, 0.15) is 30.4 Å². The lowest BCUT2D eigenvalue weighted by Gasteiger charge is -2.15. The molecule has 2 nitrogen and oxygen atoms in total. The van der Waals surface area contributed by atoms with Gasteiger partial charge in [-0.2, -0.15) is 0 Å². The number of hydrogen-bond acceptors (Lipinski definition) is 2. The topological polar surface area (TPSA) is 38.0 Å². The number of hydrogen-bond donors (Lipinski definition) is 2. The maximum absolute atomic E-state index is 5.89. The maximum Gasteiger partial charge on any atom is 0.0345 e. The van der Waals surface area contributed by atoms with Crippen molar-refractivity contribution in [2.24, 2.45) is 5.73 Å². The number of benzene rings is 1. The third-order valence-electron chi connectivity index (χ3n) is 3.35. The molecule has 1 aromatic rings. The van der Waals surface area contributed by atoms with E-state index in [0.717, 1.165) is 12.8 Å². The monoisotopic (exact) mass is 204 g/mol. The van der Waals surface area contributed by atoms with Gasteiger partial charge in [0.05, 0.1) is 0 Å². The van der Waals surface area contributed by atoms with Crippen LogP contribution in [0.15, 0.2) is 18.2 Å². The molecular formula is C13H20N2. The van der Waals surface area contributed by atoms with Crippen molar-refractivity contribution in [3.63, 3.8) is 0 Å². The van der Waals surface area contributed by atoms with Crippen molar-refractivity contribution < 1.29 is 0 Å². The molecule has 15 heavy (non-hydrogen) atoms. The summed E-state index contributed by atoms with van der Waals surface area (Å²) in [5.74, 6) is 0. The highest BCUT2D eigenvalue weighted by atomic mass is 14.9. The second-order valence-corrected chi connectivity index (χ2v) is 4.71. The van der Waals surface area contributed by atoms with Gasteiger partial charge in [0.2, 0.25) is 0 Å². The minimum atomic E-state index is 0.397. The van der Waals surface area contributed by atoms with E-state index < -0.39 is 0 Å². The predicted octanol–water partition coefficient (Wildman–Crippen LogP) is 2.60. The molecule has 2 rings (SSSR count). The molecule has 2 unspecified atom stereocenters. The SMILES string of the molecule is Cc1ccc(NC2CCC(N)C2)cc1C. The largest absolute Gasteiger partial charge is 0.382 e. The van der Waals surface area contributed by atoms with Gasteiger partial charge in [-0.3, -0.25) is 0 Å². The van der Waals surface area contributed by atoms with Gasteiger partial charge < -0.3 is 11.1 Å². The van der Waals surface area contributed by atoms with Gasteiger partial charge in [-0.1, -0.05) is 6.07 Å². The molecule has 0 saturated heterocycles. The van der Waals surface area contributed by atoms with Gasteiger partial charge in [0.1, 0.15) is 0 Å². The lowest BCUT2D eigenvalue weighted by molar-refractivity contribution is 0.688. The summed E-state index contributed by atoms with van der Waals surface area (Å²) < 4.78 is 0. The van der Waals surface area contributed by atoms with Crippen molar-refractivity contribution in [1.82, 2.24) is 0 Å². The Hall–Kier alpha value is -1.02. The summed E-state index contributed by atoms with van der Waals surface area (Å²) in [5.41, 5.74) is 9.83. The van der Waals surface area contributed by atoms with Crippen LogP contribution in [0.2, 0.25) is 0 Å². The van der Waals surface area contributed by atoms with Crippen LogP contribution in [0.4, 0.5) is 5.69 Å². The second-order valence-electron chi connectivity index (χ2n) is 4.71. The molecule has 2 heteroatoms. The summed E-state index contributed by atoms with van der Waals surface area (Å²) in [7, 11) is 0. The van der Waals surface area contributed by atoms with E-state index in [1.54, 1.807) is 0 Å². The van der Waals surface area contributed by atoms with E-state index in [2.05, 4.69) is 37.4 Å². The first-order valence-corrected chi connectivity index (χ1v) is 5.74. The predicted molar refractivity (Wildman–Crippen MR) is 65.2 cm³/mol. The standard InChI is InChI=1S/C13H20N2/c1-9-3-5-12(7-10(9)2)15-13-6-4-11(14)8-13/h3,5,7,11,13,15H,4,6,8,14H2,1-2H3. The summed E-state index contributed by atoms with van der Waals surface area (Å²) in [5, 5.41) is 3.56. The highest BCUT2D eigenvalue weighted by molar-refractivity contribution is 5.48. The molecule has 1 saturated carbocycles. The van der Waals surface area contributed by atoms with E-state index >= 15 is 0 Å². The molecule has 0 aromatic heterocycles. The lowest BCUT2D eigenvalue weighted by atomic mass is 10.1. The number of rotatable bonds is 2. The highest BCUT2D eigenvalue weighted by Gasteiger charge is 2.21.